The predicted molar refractivity (Wildman–Crippen MR) is 558 cm³/mol. The summed E-state index contributed by atoms with van der Waals surface area (Å²) >= 11 is 0. The Bertz CT molecular complexity index is 8160. The molecule has 32 heteroatoms. The second-order valence-electron chi connectivity index (χ2n) is 39.4. The summed E-state index contributed by atoms with van der Waals surface area (Å²) in [5, 5.41) is 5.42. The molecule has 0 N–H and O–H groups in total. The van der Waals surface area contributed by atoms with E-state index in [2.05, 4.69) is 26.0 Å². The molecule has 0 radical (unpaired) electrons. The predicted octanol–water partition coefficient (Wildman–Crippen LogP) is 18.8. The van der Waals surface area contributed by atoms with Crippen molar-refractivity contribution in [3.63, 3.8) is 0 Å². The van der Waals surface area contributed by atoms with Crippen molar-refractivity contribution in [2.45, 2.75) is 137 Å². The topological polar surface area (TPSA) is 351 Å². The zero-order valence-electron chi connectivity index (χ0n) is 79.4. The lowest BCUT2D eigenvalue weighted by Crippen LogP contribution is -2.40. The van der Waals surface area contributed by atoms with Crippen LogP contribution >= 0.6 is 41.9 Å². The molecule has 148 heavy (non-hydrogen) atoms. The van der Waals surface area contributed by atoms with Crippen LogP contribution in [-0.4, -0.2) is 155 Å². The van der Waals surface area contributed by atoms with Gasteiger partial charge in [0.25, 0.3) is 10.1 Å². The molecule has 8 aliphatic heterocycles. The number of rotatable bonds is 21. The maximum atomic E-state index is 13.4. The highest BCUT2D eigenvalue weighted by molar-refractivity contribution is 7.87. The van der Waals surface area contributed by atoms with Crippen molar-refractivity contribution in [1.29, 1.82) is 0 Å². The van der Waals surface area contributed by atoms with Crippen LogP contribution in [0.4, 0.5) is 0 Å². The smallest absolute Gasteiger partial charge is 0.344 e. The van der Waals surface area contributed by atoms with Gasteiger partial charge in [0.2, 0.25) is 21.7 Å². The van der Waals surface area contributed by atoms with Gasteiger partial charge in [-0.25, -0.2) is 19.2 Å². The second kappa shape index (κ2) is 38.0. The highest BCUT2D eigenvalue weighted by Gasteiger charge is 2.68. The lowest BCUT2D eigenvalue weighted by molar-refractivity contribution is -0.163. The largest absolute Gasteiger partial charge is 0.482 e. The van der Waals surface area contributed by atoms with Crippen LogP contribution < -0.4 is 40.7 Å². The van der Waals surface area contributed by atoms with Crippen LogP contribution in [0.1, 0.15) is 63.9 Å². The molecule has 12 aliphatic rings. The summed E-state index contributed by atoms with van der Waals surface area (Å²) < 4.78 is 110. The SMILES string of the molecule is CC(C)c1ccc2c(c1)c(=O)c1ccccc1[s+]2-c1ccc(OCC(=O)OC2C3CC4C(=O)OC2C4O3)cc1.O=C(COc1ccc(-[s+]2c3ccccc3c(=O)c3ccccc32)cc1)OC1C2CC3C(=O)OC1C3C2.O=C(COc1ccc(-[s+]2c3ccccc3c(=O)c3ccccc32)cc1)OC1C2CC3C(=O)OC1C3O2.O=C(COc1ccc(-[s+]2c3ccccc3c(=O)c3ccccc32)cc1)OC1C2CC3C1OS(=O)(=O)C3C2. The normalized spacial score (nSPS) is 26.1. The summed E-state index contributed by atoms with van der Waals surface area (Å²) in [6.45, 7) is 3.25. The molecule has 4 saturated carbocycles. The summed E-state index contributed by atoms with van der Waals surface area (Å²) in [6.07, 6.45) is -1.25. The maximum absolute atomic E-state index is 13.4. The summed E-state index contributed by atoms with van der Waals surface area (Å²) in [5.41, 5.74) is 1.35. The number of esters is 7. The number of fused-ring (bicyclic) bond motifs is 12. The zero-order valence-corrected chi connectivity index (χ0v) is 83.5. The molecule has 8 saturated heterocycles. The van der Waals surface area contributed by atoms with Crippen LogP contribution in [0, 0.1) is 41.4 Å². The molecular formula is C116H94O27S5+4. The fraction of sp³-hybridized carbons (Fsp3) is 0.284. The van der Waals surface area contributed by atoms with E-state index in [0.717, 1.165) is 119 Å². The first-order chi connectivity index (χ1) is 71.9. The monoisotopic (exact) mass is 2080 g/mol. The Morgan fingerprint density at radius 3 is 0.939 bits per heavy atom. The number of benzene rings is 12. The van der Waals surface area contributed by atoms with Gasteiger partial charge in [-0.1, -0.05) is 105 Å². The van der Waals surface area contributed by atoms with Crippen molar-refractivity contribution >= 4 is 174 Å². The van der Waals surface area contributed by atoms with Crippen LogP contribution in [0.3, 0.4) is 0 Å². The second-order valence-corrected chi connectivity index (χ2v) is 49.1. The Morgan fingerprint density at radius 1 is 0.304 bits per heavy atom. The first-order valence-electron chi connectivity index (χ1n) is 49.4. The number of hydrogen-bond donors (Lipinski definition) is 0. The molecular weight excluding hydrogens is 1990 g/mol. The first-order valence-corrected chi connectivity index (χ1v) is 55.8. The molecule has 28 rings (SSSR count). The standard InChI is InChI=1S/C31H27O7S.C29H23O6S.C28H23O7S2.C28H21O7S/c1-16(2)17-7-12-25-21(13-17)27(33)20-5-3-4-6-24(20)39(25)19-10-8-18(9-11-19)35-15-26(32)37-29-23-14-22-28(36-23)30(29)38-31(22)34;30-25(34-27-16-13-21-22(14-16)29(32)35-28(21)27)15-33-17-9-11-18(12-10-17)36-23-7-3-1-5-19(23)26(31)20-6-2-4-8-24(20)36;29-25(34-27-16-13-21-24(14-16)37(31,32)35-28(21)27)15-33-17-9-11-18(12-10-17)36-22-7-3-1-5-19(22)26(30)20-6-2-4-8-23(20)36;29-23(34-26-20-13-19-25(33-20)27(26)35-28(19)31)14-32-15-9-11-16(12-10-15)36-21-7-3-1-5-17(21)24(30)18-6-2-4-8-22(18)36/h3-13,16,22-23,28-30H,14-15H2,1-2H3;1-12,16,21-22,27-28H,13-15H2;1-12,16,21,24,27-28H,13-15H2;1-12,19-20,25-27H,13-14H2/q4*+1. The van der Waals surface area contributed by atoms with Crippen molar-refractivity contribution < 1.29 is 108 Å². The number of hydrogen-bond acceptors (Lipinski definition) is 27. The van der Waals surface area contributed by atoms with Crippen LogP contribution in [0.2, 0.25) is 0 Å². The van der Waals surface area contributed by atoms with Gasteiger partial charge in [-0.2, -0.15) is 8.42 Å². The third-order valence-corrected chi connectivity index (χ3v) is 41.8. The van der Waals surface area contributed by atoms with Crippen molar-refractivity contribution in [2.24, 2.45) is 41.4 Å². The average molecular weight is 2080 g/mol. The number of carbonyl (C=O) groups excluding carboxylic acids is 7. The lowest BCUT2D eigenvalue weighted by Gasteiger charge is -2.25. The molecule has 16 aromatic rings. The van der Waals surface area contributed by atoms with Crippen molar-refractivity contribution in [3.8, 4) is 42.6 Å². The number of carbonyl (C=O) groups is 7. The van der Waals surface area contributed by atoms with Crippen molar-refractivity contribution in [1.82, 2.24) is 0 Å². The quantitative estimate of drug-likeness (QED) is 0.0212. The van der Waals surface area contributed by atoms with E-state index >= 15 is 0 Å². The van der Waals surface area contributed by atoms with Crippen LogP contribution in [0.25, 0.3) is 100 Å². The number of ether oxygens (including phenoxy) is 13. The average Bonchev–Trinajstić information content (AvgIpc) is 1.53. The Kier molecular flexibility index (Phi) is 24.3. The lowest BCUT2D eigenvalue weighted by atomic mass is 9.88. The van der Waals surface area contributed by atoms with Gasteiger partial charge in [-0.05, 0) is 196 Å². The van der Waals surface area contributed by atoms with E-state index < -0.39 is 118 Å². The molecule has 12 fully saturated rings. The van der Waals surface area contributed by atoms with Gasteiger partial charge < -0.3 is 61.6 Å². The van der Waals surface area contributed by atoms with Gasteiger partial charge in [0.05, 0.1) is 78.3 Å². The fourth-order valence-corrected chi connectivity index (χ4v) is 35.3. The van der Waals surface area contributed by atoms with Gasteiger partial charge in [0.1, 0.15) is 59.6 Å². The van der Waals surface area contributed by atoms with E-state index in [1.807, 2.05) is 273 Å². The highest BCUT2D eigenvalue weighted by Crippen LogP contribution is 2.59. The molecule has 8 bridgehead atoms. The van der Waals surface area contributed by atoms with Gasteiger partial charge in [-0.3, -0.25) is 37.7 Å². The van der Waals surface area contributed by atoms with E-state index in [1.165, 1.54) is 0 Å². The van der Waals surface area contributed by atoms with Crippen LogP contribution in [0.15, 0.2) is 304 Å². The highest BCUT2D eigenvalue weighted by atomic mass is 32.2. The van der Waals surface area contributed by atoms with Crippen molar-refractivity contribution in [3.05, 3.63) is 332 Å². The Labute approximate surface area is 855 Å². The fourth-order valence-electron chi connectivity index (χ4n) is 24.0. The third kappa shape index (κ3) is 16.7. The van der Waals surface area contributed by atoms with Gasteiger partial charge in [0, 0.05) is 114 Å². The molecule has 4 aliphatic carbocycles. The zero-order chi connectivity index (χ0) is 101. The minimum Gasteiger partial charge on any atom is -0.482 e. The first kappa shape index (κ1) is 94.5. The minimum absolute atomic E-state index is 0.00774. The van der Waals surface area contributed by atoms with E-state index in [9.17, 15) is 61.2 Å². The van der Waals surface area contributed by atoms with Crippen LogP contribution in [0.5, 0.6) is 23.0 Å². The summed E-state index contributed by atoms with van der Waals surface area (Å²) in [4.78, 5) is 142. The van der Waals surface area contributed by atoms with E-state index in [1.54, 1.807) is 0 Å². The van der Waals surface area contributed by atoms with Crippen LogP contribution in [-0.2, 0) is 90.5 Å². The third-order valence-electron chi connectivity index (χ3n) is 30.7. The summed E-state index contributed by atoms with van der Waals surface area (Å²) in [7, 11) is -5.29. The van der Waals surface area contributed by atoms with Gasteiger partial charge >= 0.3 is 41.8 Å². The maximum Gasteiger partial charge on any atom is 0.344 e. The van der Waals surface area contributed by atoms with E-state index in [0.29, 0.717) is 54.6 Å². The Balaban J connectivity index is 0.000000103. The molecule has 4 aromatic heterocycles. The Hall–Kier alpha value is -14.5. The molecule has 21 atom stereocenters. The minimum atomic E-state index is -3.55. The molecule has 746 valence electrons. The van der Waals surface area contributed by atoms with Gasteiger partial charge in [-0.15, -0.1) is 0 Å². The van der Waals surface area contributed by atoms with Crippen molar-refractivity contribution in [2.75, 3.05) is 26.4 Å². The molecule has 21 unspecified atom stereocenters. The summed E-state index contributed by atoms with van der Waals surface area (Å²) in [6, 6.07) is 90.9. The van der Waals surface area contributed by atoms with E-state index in [-0.39, 0.29) is 144 Å². The Morgan fingerprint density at radius 2 is 0.595 bits per heavy atom. The molecule has 12 aromatic carbocycles. The van der Waals surface area contributed by atoms with Gasteiger partial charge in [0.15, 0.2) is 108 Å². The molecule has 12 heterocycles. The molecule has 27 nitrogen and oxygen atoms in total. The molecule has 0 spiro atoms. The molecule has 0 amide bonds. The van der Waals surface area contributed by atoms with E-state index in [4.69, 9.17) is 65.8 Å². The summed E-state index contributed by atoms with van der Waals surface area (Å²) in [5.74, 6) is -0.384.